The number of amides is 1. The molecule has 1 amide bonds. The fourth-order valence-electron chi connectivity index (χ4n) is 4.09. The van der Waals surface area contributed by atoms with E-state index >= 15 is 0 Å². The van der Waals surface area contributed by atoms with Crippen molar-refractivity contribution < 1.29 is 23.7 Å². The maximum Gasteiger partial charge on any atom is 0.254 e. The summed E-state index contributed by atoms with van der Waals surface area (Å²) >= 11 is 6.15. The number of carbonyl (C=O) groups is 1. The average Bonchev–Trinajstić information content (AvgIpc) is 2.86. The van der Waals surface area contributed by atoms with Crippen molar-refractivity contribution in [2.24, 2.45) is 0 Å². The summed E-state index contributed by atoms with van der Waals surface area (Å²) in [4.78, 5) is 15.3. The molecule has 33 heavy (non-hydrogen) atoms. The average molecular weight is 468 g/mol. The number of nitrogens with zero attached hydrogens (tertiary/aromatic N) is 1. The third-order valence-electron chi connectivity index (χ3n) is 5.80. The van der Waals surface area contributed by atoms with Crippen molar-refractivity contribution in [2.75, 3.05) is 34.5 Å². The molecule has 1 heterocycles. The Labute approximate surface area is 198 Å². The molecule has 4 rings (SSSR count). The van der Waals surface area contributed by atoms with E-state index in [9.17, 15) is 4.79 Å². The summed E-state index contributed by atoms with van der Waals surface area (Å²) < 4.78 is 22.4. The van der Waals surface area contributed by atoms with Gasteiger partial charge in [-0.15, -0.1) is 0 Å². The minimum absolute atomic E-state index is 0.0961. The largest absolute Gasteiger partial charge is 0.497 e. The molecular formula is C26H26ClNO5. The first kappa shape index (κ1) is 22.8. The van der Waals surface area contributed by atoms with Gasteiger partial charge in [0, 0.05) is 17.1 Å². The molecule has 0 aliphatic carbocycles. The zero-order chi connectivity index (χ0) is 23.4. The quantitative estimate of drug-likeness (QED) is 0.479. The molecule has 1 aliphatic heterocycles. The van der Waals surface area contributed by atoms with Gasteiger partial charge in [-0.3, -0.25) is 4.79 Å². The number of methoxy groups -OCH3 is 3. The van der Waals surface area contributed by atoms with E-state index in [0.29, 0.717) is 40.8 Å². The second-order valence-electron chi connectivity index (χ2n) is 7.67. The third kappa shape index (κ3) is 4.86. The lowest BCUT2D eigenvalue weighted by molar-refractivity contribution is 0.0589. The molecule has 6 nitrogen and oxygen atoms in total. The molecular weight excluding hydrogens is 442 g/mol. The number of fused-ring (bicyclic) bond motifs is 1. The molecule has 7 heteroatoms. The van der Waals surface area contributed by atoms with Crippen LogP contribution in [-0.2, 0) is 6.42 Å². The SMILES string of the molecule is COc1ccc(OC[C@H]2c3cc(OC)c(OC)cc3CCN2C(=O)c2cccc(Cl)c2)cc1. The summed E-state index contributed by atoms with van der Waals surface area (Å²) in [6.45, 7) is 0.825. The topological polar surface area (TPSA) is 57.2 Å². The van der Waals surface area contributed by atoms with Crippen molar-refractivity contribution in [3.63, 3.8) is 0 Å². The lowest BCUT2D eigenvalue weighted by Crippen LogP contribution is -2.42. The van der Waals surface area contributed by atoms with Crippen LogP contribution in [0.3, 0.4) is 0 Å². The standard InChI is InChI=1S/C26H26ClNO5/c1-30-20-7-9-21(10-8-20)33-16-23-22-15-25(32-3)24(31-2)14-17(22)11-12-28(23)26(29)18-5-4-6-19(27)13-18/h4-10,13-15,23H,11-12,16H2,1-3H3/t23-/m0/s1. The number of carbonyl (C=O) groups excluding carboxylic acids is 1. The van der Waals surface area contributed by atoms with E-state index in [0.717, 1.165) is 16.9 Å². The number of ether oxygens (including phenoxy) is 4. The van der Waals surface area contributed by atoms with Gasteiger partial charge in [0.2, 0.25) is 0 Å². The Morgan fingerprint density at radius 1 is 0.939 bits per heavy atom. The molecule has 3 aromatic carbocycles. The number of rotatable bonds is 7. The zero-order valence-electron chi connectivity index (χ0n) is 18.8. The molecule has 172 valence electrons. The van der Waals surface area contributed by atoms with Gasteiger partial charge in [0.25, 0.3) is 5.91 Å². The highest BCUT2D eigenvalue weighted by Crippen LogP contribution is 2.39. The van der Waals surface area contributed by atoms with Crippen molar-refractivity contribution in [2.45, 2.75) is 12.5 Å². The van der Waals surface area contributed by atoms with Crippen molar-refractivity contribution in [3.8, 4) is 23.0 Å². The molecule has 0 saturated carbocycles. The summed E-state index contributed by atoms with van der Waals surface area (Å²) in [7, 11) is 4.84. The smallest absolute Gasteiger partial charge is 0.254 e. The van der Waals surface area contributed by atoms with Crippen molar-refractivity contribution in [1.82, 2.24) is 4.90 Å². The first-order valence-corrected chi connectivity index (χ1v) is 11.0. The van der Waals surface area contributed by atoms with Gasteiger partial charge >= 0.3 is 0 Å². The van der Waals surface area contributed by atoms with E-state index in [1.54, 1.807) is 45.6 Å². The van der Waals surface area contributed by atoms with Gasteiger partial charge in [-0.1, -0.05) is 17.7 Å². The lowest BCUT2D eigenvalue weighted by Gasteiger charge is -2.37. The van der Waals surface area contributed by atoms with Crippen LogP contribution in [0.15, 0.2) is 60.7 Å². The number of hydrogen-bond donors (Lipinski definition) is 0. The van der Waals surface area contributed by atoms with Gasteiger partial charge in [-0.2, -0.15) is 0 Å². The van der Waals surface area contributed by atoms with Crippen LogP contribution in [0.1, 0.15) is 27.5 Å². The van der Waals surface area contributed by atoms with Gasteiger partial charge in [0.1, 0.15) is 18.1 Å². The fraction of sp³-hybridized carbons (Fsp3) is 0.269. The fourth-order valence-corrected chi connectivity index (χ4v) is 4.28. The summed E-state index contributed by atoms with van der Waals surface area (Å²) in [6, 6.07) is 18.0. The molecule has 3 aromatic rings. The van der Waals surface area contributed by atoms with Gasteiger partial charge in [0.15, 0.2) is 11.5 Å². The highest BCUT2D eigenvalue weighted by Gasteiger charge is 2.33. The van der Waals surface area contributed by atoms with Crippen LogP contribution in [0, 0.1) is 0 Å². The third-order valence-corrected chi connectivity index (χ3v) is 6.04. The second-order valence-corrected chi connectivity index (χ2v) is 8.10. The highest BCUT2D eigenvalue weighted by molar-refractivity contribution is 6.30. The Bertz CT molecular complexity index is 1130. The molecule has 0 saturated heterocycles. The predicted octanol–water partition coefficient (Wildman–Crippen LogP) is 5.18. The lowest BCUT2D eigenvalue weighted by atomic mass is 9.91. The summed E-state index contributed by atoms with van der Waals surface area (Å²) in [5, 5.41) is 0.524. The van der Waals surface area contributed by atoms with E-state index in [1.165, 1.54) is 0 Å². The molecule has 0 aromatic heterocycles. The number of benzene rings is 3. The Kier molecular flexibility index (Phi) is 6.94. The number of halogens is 1. The summed E-state index contributed by atoms with van der Waals surface area (Å²) in [6.07, 6.45) is 0.695. The molecule has 0 fully saturated rings. The number of hydrogen-bond acceptors (Lipinski definition) is 5. The van der Waals surface area contributed by atoms with Crippen LogP contribution < -0.4 is 18.9 Å². The van der Waals surface area contributed by atoms with Gasteiger partial charge < -0.3 is 23.8 Å². The Hall–Kier alpha value is -3.38. The Balaban J connectivity index is 1.69. The maximum absolute atomic E-state index is 13.5. The normalized spacial score (nSPS) is 14.9. The zero-order valence-corrected chi connectivity index (χ0v) is 19.6. The van der Waals surface area contributed by atoms with Crippen LogP contribution >= 0.6 is 11.6 Å². The van der Waals surface area contributed by atoms with E-state index in [2.05, 4.69) is 0 Å². The van der Waals surface area contributed by atoms with Gasteiger partial charge in [-0.05, 0) is 72.1 Å². The molecule has 1 atom stereocenters. The van der Waals surface area contributed by atoms with E-state index in [1.807, 2.05) is 41.3 Å². The first-order chi connectivity index (χ1) is 16.0. The van der Waals surface area contributed by atoms with Crippen LogP contribution in [-0.4, -0.2) is 45.3 Å². The molecule has 0 bridgehead atoms. The van der Waals surface area contributed by atoms with Crippen LogP contribution in [0.5, 0.6) is 23.0 Å². The molecule has 0 radical (unpaired) electrons. The van der Waals surface area contributed by atoms with Crippen molar-refractivity contribution in [3.05, 3.63) is 82.4 Å². The molecule has 0 N–H and O–H groups in total. The van der Waals surface area contributed by atoms with E-state index in [-0.39, 0.29) is 18.6 Å². The molecule has 0 spiro atoms. The van der Waals surface area contributed by atoms with Crippen molar-refractivity contribution >= 4 is 17.5 Å². The van der Waals surface area contributed by atoms with E-state index < -0.39 is 0 Å². The van der Waals surface area contributed by atoms with Crippen LogP contribution in [0.4, 0.5) is 0 Å². The molecule has 1 aliphatic rings. The van der Waals surface area contributed by atoms with Crippen LogP contribution in [0.2, 0.25) is 5.02 Å². The van der Waals surface area contributed by atoms with Gasteiger partial charge in [0.05, 0.1) is 27.4 Å². The summed E-state index contributed by atoms with van der Waals surface area (Å²) in [5.74, 6) is 2.63. The first-order valence-electron chi connectivity index (χ1n) is 10.6. The van der Waals surface area contributed by atoms with Gasteiger partial charge in [-0.25, -0.2) is 0 Å². The second kappa shape index (κ2) is 10.0. The Morgan fingerprint density at radius 2 is 1.64 bits per heavy atom. The minimum Gasteiger partial charge on any atom is -0.497 e. The monoisotopic (exact) mass is 467 g/mol. The highest BCUT2D eigenvalue weighted by atomic mass is 35.5. The minimum atomic E-state index is -0.317. The van der Waals surface area contributed by atoms with Crippen molar-refractivity contribution in [1.29, 1.82) is 0 Å². The Morgan fingerprint density at radius 3 is 2.30 bits per heavy atom. The van der Waals surface area contributed by atoms with Crippen LogP contribution in [0.25, 0.3) is 0 Å². The summed E-state index contributed by atoms with van der Waals surface area (Å²) in [5.41, 5.74) is 2.62. The predicted molar refractivity (Wildman–Crippen MR) is 127 cm³/mol. The maximum atomic E-state index is 13.5. The molecule has 0 unspecified atom stereocenters. The van der Waals surface area contributed by atoms with E-state index in [4.69, 9.17) is 30.5 Å².